The van der Waals surface area contributed by atoms with Gasteiger partial charge in [0.15, 0.2) is 0 Å². The van der Waals surface area contributed by atoms with Crippen molar-refractivity contribution < 1.29 is 9.18 Å². The summed E-state index contributed by atoms with van der Waals surface area (Å²) in [6.45, 7) is 3.83. The molecule has 0 fully saturated rings. The number of aryl methyl sites for hydroxylation is 2. The van der Waals surface area contributed by atoms with Crippen molar-refractivity contribution in [3.05, 3.63) is 66.4 Å². The highest BCUT2D eigenvalue weighted by Crippen LogP contribution is 2.19. The first-order valence-corrected chi connectivity index (χ1v) is 8.24. The molecule has 21 heavy (non-hydrogen) atoms. The number of amides is 1. The van der Waals surface area contributed by atoms with Crippen LogP contribution >= 0.6 is 38.5 Å². The first kappa shape index (κ1) is 16.4. The lowest BCUT2D eigenvalue weighted by molar-refractivity contribution is 0.0950. The van der Waals surface area contributed by atoms with Crippen molar-refractivity contribution in [2.75, 3.05) is 0 Å². The van der Waals surface area contributed by atoms with Crippen LogP contribution in [0.2, 0.25) is 0 Å². The summed E-state index contributed by atoms with van der Waals surface area (Å²) < 4.78 is 15.3. The third-order valence-electron chi connectivity index (χ3n) is 3.12. The molecule has 0 bridgehead atoms. The van der Waals surface area contributed by atoms with Gasteiger partial charge in [0.2, 0.25) is 0 Å². The van der Waals surface area contributed by atoms with Crippen LogP contribution in [0.3, 0.4) is 0 Å². The highest BCUT2D eigenvalue weighted by Gasteiger charge is 2.11. The Labute approximate surface area is 145 Å². The van der Waals surface area contributed by atoms with Crippen LogP contribution in [0.15, 0.2) is 34.8 Å². The van der Waals surface area contributed by atoms with Crippen LogP contribution in [0, 0.1) is 23.2 Å². The Hall–Kier alpha value is -0.950. The second-order valence-electron chi connectivity index (χ2n) is 4.85. The van der Waals surface area contributed by atoms with E-state index in [4.69, 9.17) is 0 Å². The van der Waals surface area contributed by atoms with E-state index in [1.54, 1.807) is 32.0 Å². The molecule has 0 unspecified atom stereocenters. The molecule has 0 saturated carbocycles. The molecule has 0 atom stereocenters. The number of halogens is 3. The Morgan fingerprint density at radius 3 is 2.48 bits per heavy atom. The van der Waals surface area contributed by atoms with Crippen LogP contribution in [0.5, 0.6) is 0 Å². The SMILES string of the molecule is Cc1cc(CNC(=O)c2cc(Br)ccc2I)cc(C)c1F. The minimum Gasteiger partial charge on any atom is -0.348 e. The quantitative estimate of drug-likeness (QED) is 0.657. The molecule has 0 heterocycles. The van der Waals surface area contributed by atoms with Crippen molar-refractivity contribution in [1.82, 2.24) is 5.32 Å². The molecule has 0 aliphatic heterocycles. The van der Waals surface area contributed by atoms with E-state index in [-0.39, 0.29) is 11.7 Å². The zero-order valence-corrected chi connectivity index (χ0v) is 15.4. The molecule has 1 N–H and O–H groups in total. The first-order valence-electron chi connectivity index (χ1n) is 6.37. The summed E-state index contributed by atoms with van der Waals surface area (Å²) in [6, 6.07) is 9.08. The molecule has 0 aliphatic carbocycles. The average Bonchev–Trinajstić information content (AvgIpc) is 2.44. The molecule has 2 aromatic carbocycles. The highest BCUT2D eigenvalue weighted by molar-refractivity contribution is 14.1. The summed E-state index contributed by atoms with van der Waals surface area (Å²) >= 11 is 5.49. The highest BCUT2D eigenvalue weighted by atomic mass is 127. The molecule has 0 aliphatic rings. The molecule has 2 rings (SSSR count). The van der Waals surface area contributed by atoms with Gasteiger partial charge < -0.3 is 5.32 Å². The topological polar surface area (TPSA) is 29.1 Å². The van der Waals surface area contributed by atoms with E-state index < -0.39 is 0 Å². The number of benzene rings is 2. The molecule has 5 heteroatoms. The largest absolute Gasteiger partial charge is 0.348 e. The van der Waals surface area contributed by atoms with E-state index in [9.17, 15) is 9.18 Å². The number of carbonyl (C=O) groups is 1. The van der Waals surface area contributed by atoms with Crippen molar-refractivity contribution in [2.24, 2.45) is 0 Å². The third kappa shape index (κ3) is 4.03. The fourth-order valence-corrected chi connectivity index (χ4v) is 3.03. The van der Waals surface area contributed by atoms with E-state index in [1.807, 2.05) is 12.1 Å². The average molecular weight is 462 g/mol. The van der Waals surface area contributed by atoms with Gasteiger partial charge in [-0.15, -0.1) is 0 Å². The van der Waals surface area contributed by atoms with Crippen LogP contribution in [0.4, 0.5) is 4.39 Å². The molecular weight excluding hydrogens is 448 g/mol. The summed E-state index contributed by atoms with van der Waals surface area (Å²) in [5.74, 6) is -0.327. The Morgan fingerprint density at radius 1 is 1.24 bits per heavy atom. The summed E-state index contributed by atoms with van der Waals surface area (Å²) in [4.78, 5) is 12.2. The molecule has 2 aromatic rings. The summed E-state index contributed by atoms with van der Waals surface area (Å²) in [5.41, 5.74) is 2.71. The minimum absolute atomic E-state index is 0.139. The van der Waals surface area contributed by atoms with Crippen LogP contribution in [0.1, 0.15) is 27.0 Å². The van der Waals surface area contributed by atoms with Gasteiger partial charge in [0.25, 0.3) is 5.91 Å². The van der Waals surface area contributed by atoms with Gasteiger partial charge in [-0.1, -0.05) is 28.1 Å². The summed E-state index contributed by atoms with van der Waals surface area (Å²) in [6.07, 6.45) is 0. The van der Waals surface area contributed by atoms with Gasteiger partial charge >= 0.3 is 0 Å². The van der Waals surface area contributed by atoms with Crippen molar-refractivity contribution in [3.63, 3.8) is 0 Å². The van der Waals surface area contributed by atoms with Gasteiger partial charge in [0, 0.05) is 14.6 Å². The minimum atomic E-state index is -0.188. The molecule has 110 valence electrons. The zero-order chi connectivity index (χ0) is 15.6. The van der Waals surface area contributed by atoms with Crippen molar-refractivity contribution >= 4 is 44.4 Å². The lowest BCUT2D eigenvalue weighted by atomic mass is 10.1. The van der Waals surface area contributed by atoms with E-state index in [1.165, 1.54) is 0 Å². The maximum Gasteiger partial charge on any atom is 0.252 e. The molecule has 0 aromatic heterocycles. The lowest BCUT2D eigenvalue weighted by Gasteiger charge is -2.10. The van der Waals surface area contributed by atoms with Gasteiger partial charge in [-0.25, -0.2) is 4.39 Å². The number of rotatable bonds is 3. The number of carbonyl (C=O) groups excluding carboxylic acids is 1. The standard InChI is InChI=1S/C16H14BrFINO/c1-9-5-11(6-10(2)15(9)18)8-20-16(21)13-7-12(17)3-4-14(13)19/h3-7H,8H2,1-2H3,(H,20,21). The van der Waals surface area contributed by atoms with Crippen LogP contribution in [-0.2, 0) is 6.54 Å². The molecule has 0 radical (unpaired) electrons. The number of nitrogens with one attached hydrogen (secondary N) is 1. The summed E-state index contributed by atoms with van der Waals surface area (Å²) in [5, 5.41) is 2.87. The Balaban J connectivity index is 2.13. The second kappa shape index (κ2) is 6.87. The lowest BCUT2D eigenvalue weighted by Crippen LogP contribution is -2.23. The number of hydrogen-bond acceptors (Lipinski definition) is 1. The Kier molecular flexibility index (Phi) is 5.37. The van der Waals surface area contributed by atoms with E-state index in [0.717, 1.165) is 13.6 Å². The maximum atomic E-state index is 13.6. The Bertz CT molecular complexity index is 680. The zero-order valence-electron chi connectivity index (χ0n) is 11.6. The molecular formula is C16H14BrFINO. The first-order chi connectivity index (χ1) is 9.88. The fourth-order valence-electron chi connectivity index (χ4n) is 2.09. The molecule has 2 nitrogen and oxygen atoms in total. The van der Waals surface area contributed by atoms with Crippen molar-refractivity contribution in [3.8, 4) is 0 Å². The van der Waals surface area contributed by atoms with Gasteiger partial charge in [0.05, 0.1) is 5.56 Å². The number of hydrogen-bond donors (Lipinski definition) is 1. The smallest absolute Gasteiger partial charge is 0.252 e. The van der Waals surface area contributed by atoms with E-state index in [0.29, 0.717) is 23.2 Å². The molecule has 0 saturated heterocycles. The Morgan fingerprint density at radius 2 is 1.86 bits per heavy atom. The van der Waals surface area contributed by atoms with Gasteiger partial charge in [-0.3, -0.25) is 4.79 Å². The normalized spacial score (nSPS) is 10.5. The van der Waals surface area contributed by atoms with Gasteiger partial charge in [-0.05, 0) is 71.3 Å². The van der Waals surface area contributed by atoms with Gasteiger partial charge in [0.1, 0.15) is 5.82 Å². The van der Waals surface area contributed by atoms with Crippen molar-refractivity contribution in [2.45, 2.75) is 20.4 Å². The van der Waals surface area contributed by atoms with Crippen LogP contribution in [-0.4, -0.2) is 5.91 Å². The van der Waals surface area contributed by atoms with E-state index >= 15 is 0 Å². The second-order valence-corrected chi connectivity index (χ2v) is 6.93. The molecule has 0 spiro atoms. The third-order valence-corrected chi connectivity index (χ3v) is 4.56. The maximum absolute atomic E-state index is 13.6. The van der Waals surface area contributed by atoms with Crippen LogP contribution in [0.25, 0.3) is 0 Å². The monoisotopic (exact) mass is 461 g/mol. The predicted molar refractivity (Wildman–Crippen MR) is 93.9 cm³/mol. The summed E-state index contributed by atoms with van der Waals surface area (Å²) in [7, 11) is 0. The van der Waals surface area contributed by atoms with Crippen LogP contribution < -0.4 is 5.32 Å². The fraction of sp³-hybridized carbons (Fsp3) is 0.188. The predicted octanol–water partition coefficient (Wildman–Crippen LogP) is 4.74. The van der Waals surface area contributed by atoms with Crippen molar-refractivity contribution in [1.29, 1.82) is 0 Å². The molecule has 1 amide bonds. The van der Waals surface area contributed by atoms with Gasteiger partial charge in [-0.2, -0.15) is 0 Å². The van der Waals surface area contributed by atoms with E-state index in [2.05, 4.69) is 43.8 Å².